The zero-order chi connectivity index (χ0) is 14.4. The highest BCUT2D eigenvalue weighted by Crippen LogP contribution is 2.32. The first kappa shape index (κ1) is 16.3. The molecule has 0 aliphatic heterocycles. The van der Waals surface area contributed by atoms with Crippen molar-refractivity contribution >= 4 is 17.3 Å². The summed E-state index contributed by atoms with van der Waals surface area (Å²) in [5, 5.41) is 0.836. The second-order valence-corrected chi connectivity index (χ2v) is 5.57. The number of nitrogens with zero attached hydrogens (tertiary/aromatic N) is 1. The molecule has 0 amide bonds. The molecule has 19 heavy (non-hydrogen) atoms. The molecule has 0 fully saturated rings. The number of nitrogens with two attached hydrogens (primary N) is 1. The average Bonchev–Trinajstić information content (AvgIpc) is 2.41. The molecule has 0 heterocycles. The van der Waals surface area contributed by atoms with E-state index in [1.807, 2.05) is 12.1 Å². The summed E-state index contributed by atoms with van der Waals surface area (Å²) in [6.07, 6.45) is 2.99. The molecule has 2 unspecified atom stereocenters. The molecule has 0 aliphatic carbocycles. The Bertz CT molecular complexity index is 392. The molecule has 0 aliphatic rings. The van der Waals surface area contributed by atoms with Crippen LogP contribution in [0.3, 0.4) is 0 Å². The SMILES string of the molecule is CCC(N)Cc1cccc(Cl)c1N(CC)C(C)CC. The van der Waals surface area contributed by atoms with Gasteiger partial charge < -0.3 is 10.6 Å². The largest absolute Gasteiger partial charge is 0.368 e. The molecule has 2 N–H and O–H groups in total. The van der Waals surface area contributed by atoms with E-state index in [-0.39, 0.29) is 6.04 Å². The fraction of sp³-hybridized carbons (Fsp3) is 0.625. The van der Waals surface area contributed by atoms with E-state index in [2.05, 4.69) is 38.7 Å². The van der Waals surface area contributed by atoms with Gasteiger partial charge in [-0.15, -0.1) is 0 Å². The number of rotatable bonds is 7. The minimum absolute atomic E-state index is 0.202. The lowest BCUT2D eigenvalue weighted by molar-refractivity contribution is 0.615. The number of anilines is 1. The number of benzene rings is 1. The van der Waals surface area contributed by atoms with Gasteiger partial charge in [0.1, 0.15) is 0 Å². The average molecular weight is 283 g/mol. The molecule has 0 aromatic heterocycles. The van der Waals surface area contributed by atoms with E-state index >= 15 is 0 Å². The molecule has 0 spiro atoms. The summed E-state index contributed by atoms with van der Waals surface area (Å²) in [7, 11) is 0. The van der Waals surface area contributed by atoms with Crippen molar-refractivity contribution in [3.8, 4) is 0 Å². The third-order valence-corrected chi connectivity index (χ3v) is 4.13. The molecule has 3 heteroatoms. The Morgan fingerprint density at radius 2 is 1.89 bits per heavy atom. The van der Waals surface area contributed by atoms with Gasteiger partial charge in [-0.05, 0) is 44.7 Å². The van der Waals surface area contributed by atoms with Crippen LogP contribution in [0.1, 0.15) is 46.1 Å². The fourth-order valence-corrected chi connectivity index (χ4v) is 2.69. The van der Waals surface area contributed by atoms with Gasteiger partial charge in [0.15, 0.2) is 0 Å². The fourth-order valence-electron chi connectivity index (χ4n) is 2.38. The van der Waals surface area contributed by atoms with Crippen molar-refractivity contribution in [2.75, 3.05) is 11.4 Å². The standard InChI is InChI=1S/C16H27ClN2/c1-5-12(4)19(7-3)16-13(11-14(18)6-2)9-8-10-15(16)17/h8-10,12,14H,5-7,11,18H2,1-4H3. The Morgan fingerprint density at radius 3 is 2.42 bits per heavy atom. The highest BCUT2D eigenvalue weighted by Gasteiger charge is 2.18. The Kier molecular flexibility index (Phi) is 6.67. The first-order chi connectivity index (χ1) is 9.04. The van der Waals surface area contributed by atoms with Crippen LogP contribution in [0.5, 0.6) is 0 Å². The van der Waals surface area contributed by atoms with Crippen LogP contribution in [-0.4, -0.2) is 18.6 Å². The Labute approximate surface area is 122 Å². The van der Waals surface area contributed by atoms with E-state index in [0.717, 1.165) is 30.8 Å². The Hall–Kier alpha value is -0.730. The van der Waals surface area contributed by atoms with Crippen LogP contribution >= 0.6 is 11.6 Å². The van der Waals surface area contributed by atoms with E-state index in [1.165, 1.54) is 11.3 Å². The van der Waals surface area contributed by atoms with Crippen LogP contribution in [0, 0.1) is 0 Å². The number of hydrogen-bond donors (Lipinski definition) is 1. The molecule has 2 atom stereocenters. The predicted molar refractivity (Wildman–Crippen MR) is 86.2 cm³/mol. The summed E-state index contributed by atoms with van der Waals surface area (Å²) in [6, 6.07) is 6.84. The van der Waals surface area contributed by atoms with Crippen LogP contribution in [0.4, 0.5) is 5.69 Å². The summed E-state index contributed by atoms with van der Waals surface area (Å²) < 4.78 is 0. The van der Waals surface area contributed by atoms with Crippen LogP contribution in [0.25, 0.3) is 0 Å². The molecule has 0 radical (unpaired) electrons. The van der Waals surface area contributed by atoms with Gasteiger partial charge in [0, 0.05) is 18.6 Å². The van der Waals surface area contributed by atoms with Gasteiger partial charge in [0.25, 0.3) is 0 Å². The molecule has 1 aromatic rings. The van der Waals surface area contributed by atoms with Crippen molar-refractivity contribution in [1.82, 2.24) is 0 Å². The maximum Gasteiger partial charge on any atom is 0.0642 e. The molecule has 0 saturated carbocycles. The quantitative estimate of drug-likeness (QED) is 0.810. The summed E-state index contributed by atoms with van der Waals surface area (Å²) in [6.45, 7) is 9.73. The smallest absolute Gasteiger partial charge is 0.0642 e. The molecular weight excluding hydrogens is 256 g/mol. The van der Waals surface area contributed by atoms with Crippen molar-refractivity contribution in [3.63, 3.8) is 0 Å². The maximum atomic E-state index is 6.45. The monoisotopic (exact) mass is 282 g/mol. The van der Waals surface area contributed by atoms with Gasteiger partial charge in [-0.2, -0.15) is 0 Å². The van der Waals surface area contributed by atoms with Crippen LogP contribution in [-0.2, 0) is 6.42 Å². The highest BCUT2D eigenvalue weighted by atomic mass is 35.5. The van der Waals surface area contributed by atoms with Gasteiger partial charge in [-0.3, -0.25) is 0 Å². The molecule has 1 rings (SSSR count). The maximum absolute atomic E-state index is 6.45. The number of halogens is 1. The molecule has 108 valence electrons. The molecule has 0 saturated heterocycles. The Morgan fingerprint density at radius 1 is 1.21 bits per heavy atom. The van der Waals surface area contributed by atoms with Crippen molar-refractivity contribution in [1.29, 1.82) is 0 Å². The summed E-state index contributed by atoms with van der Waals surface area (Å²) in [5.74, 6) is 0. The van der Waals surface area contributed by atoms with Crippen LogP contribution in [0.2, 0.25) is 5.02 Å². The molecule has 1 aromatic carbocycles. The lowest BCUT2D eigenvalue weighted by Gasteiger charge is -2.32. The summed E-state index contributed by atoms with van der Waals surface area (Å²) in [5.41, 5.74) is 8.55. The minimum atomic E-state index is 0.202. The van der Waals surface area contributed by atoms with E-state index < -0.39 is 0 Å². The summed E-state index contributed by atoms with van der Waals surface area (Å²) in [4.78, 5) is 2.39. The lowest BCUT2D eigenvalue weighted by atomic mass is 10.0. The van der Waals surface area contributed by atoms with Crippen molar-refractivity contribution < 1.29 is 0 Å². The van der Waals surface area contributed by atoms with E-state index in [0.29, 0.717) is 6.04 Å². The molecular formula is C16H27ClN2. The minimum Gasteiger partial charge on any atom is -0.368 e. The zero-order valence-corrected chi connectivity index (χ0v) is 13.4. The van der Waals surface area contributed by atoms with Gasteiger partial charge in [0.05, 0.1) is 10.7 Å². The normalized spacial score (nSPS) is 14.2. The van der Waals surface area contributed by atoms with Gasteiger partial charge in [0.2, 0.25) is 0 Å². The second-order valence-electron chi connectivity index (χ2n) is 5.16. The lowest BCUT2D eigenvalue weighted by Crippen LogP contribution is -2.34. The number of hydrogen-bond acceptors (Lipinski definition) is 2. The third kappa shape index (κ3) is 4.12. The van der Waals surface area contributed by atoms with Gasteiger partial charge >= 0.3 is 0 Å². The second kappa shape index (κ2) is 7.76. The molecule has 0 bridgehead atoms. The zero-order valence-electron chi connectivity index (χ0n) is 12.6. The topological polar surface area (TPSA) is 29.3 Å². The van der Waals surface area contributed by atoms with Crippen molar-refractivity contribution in [2.45, 2.75) is 59.0 Å². The van der Waals surface area contributed by atoms with E-state index in [1.54, 1.807) is 0 Å². The van der Waals surface area contributed by atoms with E-state index in [4.69, 9.17) is 17.3 Å². The predicted octanol–water partition coefficient (Wildman–Crippen LogP) is 4.24. The first-order valence-corrected chi connectivity index (χ1v) is 7.72. The summed E-state index contributed by atoms with van der Waals surface area (Å²) >= 11 is 6.45. The first-order valence-electron chi connectivity index (χ1n) is 7.34. The third-order valence-electron chi connectivity index (χ3n) is 3.83. The van der Waals surface area contributed by atoms with Crippen molar-refractivity contribution in [2.24, 2.45) is 5.73 Å². The van der Waals surface area contributed by atoms with Crippen LogP contribution < -0.4 is 10.6 Å². The van der Waals surface area contributed by atoms with Crippen LogP contribution in [0.15, 0.2) is 18.2 Å². The highest BCUT2D eigenvalue weighted by molar-refractivity contribution is 6.33. The van der Waals surface area contributed by atoms with Gasteiger partial charge in [-0.25, -0.2) is 0 Å². The Balaban J connectivity index is 3.15. The van der Waals surface area contributed by atoms with E-state index in [9.17, 15) is 0 Å². The number of para-hydroxylation sites is 1. The van der Waals surface area contributed by atoms with Gasteiger partial charge in [-0.1, -0.05) is 37.6 Å². The van der Waals surface area contributed by atoms with Crippen molar-refractivity contribution in [3.05, 3.63) is 28.8 Å². The molecule has 2 nitrogen and oxygen atoms in total.